The molecule has 1 heterocycles. The highest BCUT2D eigenvalue weighted by atomic mass is 35.5. The van der Waals surface area contributed by atoms with E-state index in [0.717, 1.165) is 28.2 Å². The van der Waals surface area contributed by atoms with Crippen LogP contribution in [0.1, 0.15) is 45.9 Å². The fraction of sp³-hybridized carbons (Fsp3) is 0.391. The summed E-state index contributed by atoms with van der Waals surface area (Å²) in [7, 11) is 0. The molecule has 8 heteroatoms. The Labute approximate surface area is 197 Å². The monoisotopic (exact) mass is 480 g/mol. The number of carbonyl (C=O) groups is 2. The van der Waals surface area contributed by atoms with Crippen LogP contribution in [0.3, 0.4) is 0 Å². The van der Waals surface area contributed by atoms with Gasteiger partial charge in [0.15, 0.2) is 0 Å². The van der Waals surface area contributed by atoms with Crippen LogP contribution in [0.2, 0.25) is 10.0 Å². The fourth-order valence-electron chi connectivity index (χ4n) is 3.71. The van der Waals surface area contributed by atoms with Crippen molar-refractivity contribution in [1.29, 1.82) is 0 Å². The van der Waals surface area contributed by atoms with E-state index in [1.54, 1.807) is 23.9 Å². The molecule has 0 aliphatic carbocycles. The summed E-state index contributed by atoms with van der Waals surface area (Å²) in [6.45, 7) is 4.57. The van der Waals surface area contributed by atoms with Gasteiger partial charge in [0.05, 0.1) is 23.2 Å². The lowest BCUT2D eigenvalue weighted by atomic mass is 9.95. The zero-order chi connectivity index (χ0) is 22.5. The number of hydrogen-bond acceptors (Lipinski definition) is 4. The van der Waals surface area contributed by atoms with Gasteiger partial charge in [0, 0.05) is 17.0 Å². The highest BCUT2D eigenvalue weighted by Crippen LogP contribution is 2.35. The Balaban J connectivity index is 1.77. The molecule has 2 aromatic carbocycles. The van der Waals surface area contributed by atoms with Gasteiger partial charge < -0.3 is 15.4 Å². The number of fused-ring (bicyclic) bond motifs is 1. The van der Waals surface area contributed by atoms with Crippen molar-refractivity contribution in [1.82, 2.24) is 10.6 Å². The molecule has 0 aromatic heterocycles. The van der Waals surface area contributed by atoms with Gasteiger partial charge in [-0.05, 0) is 56.0 Å². The summed E-state index contributed by atoms with van der Waals surface area (Å²) >= 11 is 13.7. The van der Waals surface area contributed by atoms with Gasteiger partial charge in [-0.15, -0.1) is 0 Å². The van der Waals surface area contributed by atoms with E-state index in [0.29, 0.717) is 24.5 Å². The van der Waals surface area contributed by atoms with Gasteiger partial charge in [-0.1, -0.05) is 40.9 Å². The van der Waals surface area contributed by atoms with Crippen LogP contribution in [0, 0.1) is 13.8 Å². The highest BCUT2D eigenvalue weighted by Gasteiger charge is 2.29. The maximum Gasteiger partial charge on any atom is 0.253 e. The molecule has 0 radical (unpaired) electrons. The van der Waals surface area contributed by atoms with E-state index in [9.17, 15) is 9.59 Å². The Bertz CT molecular complexity index is 984. The molecule has 2 amide bonds. The number of amides is 2. The molecule has 5 nitrogen and oxygen atoms in total. The first-order valence-corrected chi connectivity index (χ1v) is 12.2. The number of aryl methyl sites for hydroxylation is 2. The fourth-order valence-corrected chi connectivity index (χ4v) is 4.68. The molecule has 0 bridgehead atoms. The van der Waals surface area contributed by atoms with E-state index >= 15 is 0 Å². The van der Waals surface area contributed by atoms with Crippen molar-refractivity contribution >= 4 is 46.8 Å². The molecule has 1 aliphatic heterocycles. The van der Waals surface area contributed by atoms with Gasteiger partial charge in [0.2, 0.25) is 5.91 Å². The van der Waals surface area contributed by atoms with E-state index in [1.807, 2.05) is 20.1 Å². The minimum absolute atomic E-state index is 0.164. The molecule has 0 spiro atoms. The average molecular weight is 481 g/mol. The molecule has 0 saturated carbocycles. The lowest BCUT2D eigenvalue weighted by Crippen LogP contribution is -2.48. The predicted molar refractivity (Wildman–Crippen MR) is 128 cm³/mol. The molecule has 2 N–H and O–H groups in total. The molecule has 0 fully saturated rings. The average Bonchev–Trinajstić information content (AvgIpc) is 2.71. The standard InChI is InChI=1S/C23H26Cl2N2O3S/c1-13-10-14(2)21-17(11-13)19(6-8-30-21)26-23(29)20(7-9-31-3)27-22(28)16-5-4-15(24)12-18(16)25/h4-5,10-12,19-20H,6-9H2,1-3H3,(H,26,29)(H,27,28). The maximum atomic E-state index is 13.2. The summed E-state index contributed by atoms with van der Waals surface area (Å²) in [5, 5.41) is 6.66. The van der Waals surface area contributed by atoms with Crippen molar-refractivity contribution in [2.75, 3.05) is 18.6 Å². The third kappa shape index (κ3) is 5.88. The summed E-state index contributed by atoms with van der Waals surface area (Å²) in [5.74, 6) is 0.946. The quantitative estimate of drug-likeness (QED) is 0.578. The highest BCUT2D eigenvalue weighted by molar-refractivity contribution is 7.98. The van der Waals surface area contributed by atoms with Gasteiger partial charge in [0.25, 0.3) is 5.91 Å². The van der Waals surface area contributed by atoms with E-state index in [1.165, 1.54) is 6.07 Å². The lowest BCUT2D eigenvalue weighted by Gasteiger charge is -2.30. The maximum absolute atomic E-state index is 13.2. The van der Waals surface area contributed by atoms with Gasteiger partial charge in [-0.3, -0.25) is 9.59 Å². The second kappa shape index (κ2) is 10.6. The Morgan fingerprint density at radius 2 is 2.00 bits per heavy atom. The molecular formula is C23H26Cl2N2O3S. The molecule has 0 saturated heterocycles. The molecule has 2 aromatic rings. The second-order valence-corrected chi connectivity index (χ2v) is 9.46. The van der Waals surface area contributed by atoms with Crippen LogP contribution in [-0.4, -0.2) is 36.5 Å². The second-order valence-electron chi connectivity index (χ2n) is 7.63. The summed E-state index contributed by atoms with van der Waals surface area (Å²) in [6, 6.07) is 7.95. The number of thioether (sulfide) groups is 1. The van der Waals surface area contributed by atoms with Crippen molar-refractivity contribution in [2.24, 2.45) is 0 Å². The number of carbonyl (C=O) groups excluding carboxylic acids is 2. The summed E-state index contributed by atoms with van der Waals surface area (Å²) in [6.07, 6.45) is 3.15. The number of nitrogens with one attached hydrogen (secondary N) is 2. The van der Waals surface area contributed by atoms with E-state index in [2.05, 4.69) is 22.8 Å². The third-order valence-electron chi connectivity index (χ3n) is 5.20. The Morgan fingerprint density at radius 3 is 2.71 bits per heavy atom. The van der Waals surface area contributed by atoms with Crippen LogP contribution in [0.4, 0.5) is 0 Å². The number of ether oxygens (including phenoxy) is 1. The molecule has 3 rings (SSSR count). The van der Waals surface area contributed by atoms with Crippen LogP contribution in [0.25, 0.3) is 0 Å². The van der Waals surface area contributed by atoms with Crippen molar-refractivity contribution in [3.8, 4) is 5.75 Å². The van der Waals surface area contributed by atoms with Crippen molar-refractivity contribution in [3.63, 3.8) is 0 Å². The van der Waals surface area contributed by atoms with Crippen LogP contribution < -0.4 is 15.4 Å². The van der Waals surface area contributed by atoms with Crippen LogP contribution in [0.5, 0.6) is 5.75 Å². The topological polar surface area (TPSA) is 67.4 Å². The van der Waals surface area contributed by atoms with Crippen LogP contribution in [-0.2, 0) is 4.79 Å². The van der Waals surface area contributed by atoms with Crippen molar-refractivity contribution in [3.05, 3.63) is 62.6 Å². The Hall–Kier alpha value is -1.89. The number of benzene rings is 2. The van der Waals surface area contributed by atoms with Gasteiger partial charge in [0.1, 0.15) is 11.8 Å². The molecule has 166 valence electrons. The Kier molecular flexibility index (Phi) is 8.14. The number of halogens is 2. The molecule has 1 aliphatic rings. The smallest absolute Gasteiger partial charge is 0.253 e. The SMILES string of the molecule is CSCCC(NC(=O)c1ccc(Cl)cc1Cl)C(=O)NC1CCOc2c(C)cc(C)cc21. The zero-order valence-electron chi connectivity index (χ0n) is 17.8. The zero-order valence-corrected chi connectivity index (χ0v) is 20.1. The van der Waals surface area contributed by atoms with Gasteiger partial charge in [-0.2, -0.15) is 11.8 Å². The van der Waals surface area contributed by atoms with Crippen molar-refractivity contribution < 1.29 is 14.3 Å². The van der Waals surface area contributed by atoms with Crippen molar-refractivity contribution in [2.45, 2.75) is 38.8 Å². The molecule has 2 atom stereocenters. The van der Waals surface area contributed by atoms with Crippen LogP contribution in [0.15, 0.2) is 30.3 Å². The third-order valence-corrected chi connectivity index (χ3v) is 6.39. The van der Waals surface area contributed by atoms with E-state index in [4.69, 9.17) is 27.9 Å². The molecular weight excluding hydrogens is 455 g/mol. The molecule has 31 heavy (non-hydrogen) atoms. The lowest BCUT2D eigenvalue weighted by molar-refractivity contribution is -0.124. The largest absolute Gasteiger partial charge is 0.493 e. The Morgan fingerprint density at radius 1 is 1.23 bits per heavy atom. The first-order valence-electron chi connectivity index (χ1n) is 10.1. The minimum Gasteiger partial charge on any atom is -0.493 e. The van der Waals surface area contributed by atoms with E-state index < -0.39 is 11.9 Å². The number of hydrogen-bond donors (Lipinski definition) is 2. The minimum atomic E-state index is -0.677. The van der Waals surface area contributed by atoms with Gasteiger partial charge >= 0.3 is 0 Å². The summed E-state index contributed by atoms with van der Waals surface area (Å²) < 4.78 is 5.84. The summed E-state index contributed by atoms with van der Waals surface area (Å²) in [4.78, 5) is 26.0. The van der Waals surface area contributed by atoms with E-state index in [-0.39, 0.29) is 22.5 Å². The van der Waals surface area contributed by atoms with Gasteiger partial charge in [-0.25, -0.2) is 0 Å². The van der Waals surface area contributed by atoms with Crippen LogP contribution >= 0.6 is 35.0 Å². The number of rotatable bonds is 7. The predicted octanol–water partition coefficient (Wildman–Crippen LogP) is 5.10. The molecule has 2 unspecified atom stereocenters. The normalized spacial score (nSPS) is 16.1. The summed E-state index contributed by atoms with van der Waals surface area (Å²) in [5.41, 5.74) is 3.44. The first-order chi connectivity index (χ1) is 14.8. The first kappa shape index (κ1) is 23.8.